The van der Waals surface area contributed by atoms with E-state index in [1.165, 1.54) is 0 Å². The van der Waals surface area contributed by atoms with Gasteiger partial charge in [0.1, 0.15) is 0 Å². The van der Waals surface area contributed by atoms with Crippen molar-refractivity contribution in [2.45, 2.75) is 31.7 Å². The van der Waals surface area contributed by atoms with E-state index in [4.69, 9.17) is 25.5 Å². The summed E-state index contributed by atoms with van der Waals surface area (Å²) in [6.45, 7) is 1.06. The maximum atomic E-state index is 10.6. The summed E-state index contributed by atoms with van der Waals surface area (Å²) in [6.07, 6.45) is -3.96. The molecular weight excluding hydrogens is 243 g/mol. The Hall–Kier alpha value is -1.74. The Morgan fingerprint density at radius 2 is 1.35 bits per heavy atom. The molecule has 100 valence electrons. The van der Waals surface area contributed by atoms with Gasteiger partial charge in [0.05, 0.1) is 12.8 Å². The predicted molar refractivity (Wildman–Crippen MR) is 49.9 cm³/mol. The van der Waals surface area contributed by atoms with Crippen molar-refractivity contribution in [1.82, 2.24) is 0 Å². The maximum Gasteiger partial charge on any atom is 0.336 e. The lowest BCUT2D eigenvalue weighted by Gasteiger charge is -2.18. The summed E-state index contributed by atoms with van der Waals surface area (Å²) >= 11 is 0. The van der Waals surface area contributed by atoms with Crippen LogP contribution < -0.4 is 0 Å². The van der Waals surface area contributed by atoms with Gasteiger partial charge in [0.25, 0.3) is 0 Å². The number of carboxylic acids is 3. The number of aliphatic carboxylic acids is 3. The van der Waals surface area contributed by atoms with E-state index in [9.17, 15) is 18.8 Å². The molecule has 0 aliphatic carbocycles. The first-order valence-electron chi connectivity index (χ1n) is 4.22. The van der Waals surface area contributed by atoms with Crippen molar-refractivity contribution < 1.29 is 44.3 Å². The minimum atomic E-state index is -2.74. The van der Waals surface area contributed by atoms with E-state index in [1.807, 2.05) is 0 Å². The van der Waals surface area contributed by atoms with Gasteiger partial charge in [0.2, 0.25) is 0 Å². The molecular formula is C8H13FO8. The van der Waals surface area contributed by atoms with Gasteiger partial charge in [-0.25, -0.2) is 9.18 Å². The molecule has 0 aliphatic rings. The van der Waals surface area contributed by atoms with Crippen molar-refractivity contribution in [3.63, 3.8) is 0 Å². The molecule has 17 heavy (non-hydrogen) atoms. The van der Waals surface area contributed by atoms with Gasteiger partial charge in [-0.15, -0.1) is 0 Å². The fraction of sp³-hybridized carbons (Fsp3) is 0.625. The van der Waals surface area contributed by atoms with Crippen LogP contribution in [0.3, 0.4) is 0 Å². The highest BCUT2D eigenvalue weighted by atomic mass is 19.1. The second kappa shape index (κ2) is 7.52. The molecule has 9 heteroatoms. The second-order valence-electron chi connectivity index (χ2n) is 3.05. The summed E-state index contributed by atoms with van der Waals surface area (Å²) in [7, 11) is 0. The maximum absolute atomic E-state index is 10.6. The van der Waals surface area contributed by atoms with Crippen LogP contribution in [0.5, 0.6) is 0 Å². The zero-order valence-corrected chi connectivity index (χ0v) is 8.83. The predicted octanol–water partition coefficient (Wildman–Crippen LogP) is -0.954. The SMILES string of the molecule is CC(O)F.O=C(O)CC(O)(CC(=O)O)C(=O)O. The molecule has 0 aromatic heterocycles. The van der Waals surface area contributed by atoms with Crippen LogP contribution in [0.15, 0.2) is 0 Å². The molecule has 0 bridgehead atoms. The molecule has 0 radical (unpaired) electrons. The number of carbonyl (C=O) groups is 3. The van der Waals surface area contributed by atoms with Crippen LogP contribution in [0.1, 0.15) is 19.8 Å². The summed E-state index contributed by atoms with van der Waals surface area (Å²) in [5.41, 5.74) is -2.74. The molecule has 0 fully saturated rings. The zero-order chi connectivity index (χ0) is 14.2. The van der Waals surface area contributed by atoms with Gasteiger partial charge in [-0.2, -0.15) is 0 Å². The highest BCUT2D eigenvalue weighted by Crippen LogP contribution is 2.15. The number of hydrogen-bond donors (Lipinski definition) is 5. The molecule has 0 aromatic rings. The molecule has 0 rings (SSSR count). The average Bonchev–Trinajstić information content (AvgIpc) is 1.98. The van der Waals surface area contributed by atoms with E-state index < -0.39 is 42.7 Å². The van der Waals surface area contributed by atoms with Gasteiger partial charge < -0.3 is 25.5 Å². The molecule has 1 atom stereocenters. The third kappa shape index (κ3) is 10.5. The molecule has 0 aliphatic heterocycles. The number of hydrogen-bond acceptors (Lipinski definition) is 5. The van der Waals surface area contributed by atoms with Gasteiger partial charge in [-0.1, -0.05) is 0 Å². The van der Waals surface area contributed by atoms with E-state index in [0.29, 0.717) is 0 Å². The lowest BCUT2D eigenvalue weighted by Crippen LogP contribution is -2.42. The molecule has 0 heterocycles. The molecule has 0 amide bonds. The standard InChI is InChI=1S/C6H8O7.C2H5FO/c7-3(8)1-6(13,5(11)12)2-4(9)10;1-2(3)4/h13H,1-2H2,(H,7,8)(H,9,10)(H,11,12);2,4H,1H3. The molecule has 0 spiro atoms. The van der Waals surface area contributed by atoms with Crippen molar-refractivity contribution in [2.24, 2.45) is 0 Å². The van der Waals surface area contributed by atoms with E-state index in [-0.39, 0.29) is 0 Å². The summed E-state index contributed by atoms with van der Waals surface area (Å²) in [5.74, 6) is -5.02. The molecule has 0 aromatic carbocycles. The quantitative estimate of drug-likeness (QED) is 0.422. The Morgan fingerprint density at radius 1 is 1.12 bits per heavy atom. The third-order valence-corrected chi connectivity index (χ3v) is 1.29. The molecule has 5 N–H and O–H groups in total. The Balaban J connectivity index is 0. The van der Waals surface area contributed by atoms with Crippen LogP contribution in [0.4, 0.5) is 4.39 Å². The van der Waals surface area contributed by atoms with Crippen LogP contribution in [0, 0.1) is 0 Å². The van der Waals surface area contributed by atoms with E-state index in [1.54, 1.807) is 0 Å². The normalized spacial score (nSPS) is 12.0. The molecule has 8 nitrogen and oxygen atoms in total. The summed E-state index contributed by atoms with van der Waals surface area (Å²) in [6, 6.07) is 0. The number of halogens is 1. The first kappa shape index (κ1) is 17.6. The summed E-state index contributed by atoms with van der Waals surface area (Å²) < 4.78 is 10.6. The van der Waals surface area contributed by atoms with Crippen molar-refractivity contribution in [2.75, 3.05) is 0 Å². The minimum absolute atomic E-state index is 1.06. The van der Waals surface area contributed by atoms with E-state index >= 15 is 0 Å². The fourth-order valence-electron chi connectivity index (χ4n) is 0.714. The molecule has 0 saturated carbocycles. The number of carboxylic acid groups (broad SMARTS) is 3. The Labute approximate surface area is 94.9 Å². The lowest BCUT2D eigenvalue weighted by atomic mass is 9.96. The first-order chi connectivity index (χ1) is 7.51. The Bertz CT molecular complexity index is 268. The van der Waals surface area contributed by atoms with Gasteiger partial charge in [-0.05, 0) is 6.92 Å². The van der Waals surface area contributed by atoms with E-state index in [2.05, 4.69) is 0 Å². The molecule has 0 saturated heterocycles. The monoisotopic (exact) mass is 256 g/mol. The van der Waals surface area contributed by atoms with Crippen molar-refractivity contribution >= 4 is 17.9 Å². The topological polar surface area (TPSA) is 152 Å². The fourth-order valence-corrected chi connectivity index (χ4v) is 0.714. The Kier molecular flexibility index (Phi) is 7.81. The highest BCUT2D eigenvalue weighted by molar-refractivity contribution is 5.88. The number of aliphatic hydroxyl groups is 2. The average molecular weight is 256 g/mol. The van der Waals surface area contributed by atoms with Crippen LogP contribution >= 0.6 is 0 Å². The smallest absolute Gasteiger partial charge is 0.336 e. The molecule has 1 unspecified atom stereocenters. The van der Waals surface area contributed by atoms with E-state index in [0.717, 1.165) is 6.92 Å². The second-order valence-corrected chi connectivity index (χ2v) is 3.05. The van der Waals surface area contributed by atoms with Gasteiger partial charge in [-0.3, -0.25) is 9.59 Å². The van der Waals surface area contributed by atoms with Crippen LogP contribution in [0.25, 0.3) is 0 Å². The van der Waals surface area contributed by atoms with Crippen molar-refractivity contribution in [3.05, 3.63) is 0 Å². The van der Waals surface area contributed by atoms with Crippen LogP contribution in [-0.4, -0.2) is 55.4 Å². The van der Waals surface area contributed by atoms with Crippen molar-refractivity contribution in [3.8, 4) is 0 Å². The summed E-state index contributed by atoms with van der Waals surface area (Å²) in [4.78, 5) is 30.5. The minimum Gasteiger partial charge on any atom is -0.481 e. The number of aliphatic hydroxyl groups excluding tert-OH is 1. The zero-order valence-electron chi connectivity index (χ0n) is 8.83. The van der Waals surface area contributed by atoms with Gasteiger partial charge in [0, 0.05) is 0 Å². The van der Waals surface area contributed by atoms with Crippen LogP contribution in [-0.2, 0) is 14.4 Å². The third-order valence-electron chi connectivity index (χ3n) is 1.29. The Morgan fingerprint density at radius 3 is 1.47 bits per heavy atom. The summed E-state index contributed by atoms with van der Waals surface area (Å²) in [5, 5.41) is 41.2. The number of rotatable bonds is 5. The number of alkyl halides is 1. The first-order valence-corrected chi connectivity index (χ1v) is 4.22. The highest BCUT2D eigenvalue weighted by Gasteiger charge is 2.40. The largest absolute Gasteiger partial charge is 0.481 e. The van der Waals surface area contributed by atoms with Gasteiger partial charge >= 0.3 is 17.9 Å². The van der Waals surface area contributed by atoms with Crippen molar-refractivity contribution in [1.29, 1.82) is 0 Å². The van der Waals surface area contributed by atoms with Gasteiger partial charge in [0.15, 0.2) is 12.0 Å². The van der Waals surface area contributed by atoms with Crippen LogP contribution in [0.2, 0.25) is 0 Å². The lowest BCUT2D eigenvalue weighted by molar-refractivity contribution is -0.170.